The Morgan fingerprint density at radius 2 is 1.93 bits per heavy atom. The normalized spacial score (nSPS) is 10.4. The molecule has 1 aromatic carbocycles. The van der Waals surface area contributed by atoms with Crippen molar-refractivity contribution in [1.82, 2.24) is 9.97 Å². The molecule has 2 heterocycles. The Balaban J connectivity index is 1.77. The van der Waals surface area contributed by atoms with E-state index < -0.39 is 0 Å². The Bertz CT molecular complexity index is 931. The zero-order chi connectivity index (χ0) is 19.2. The molecule has 0 fully saturated rings. The van der Waals surface area contributed by atoms with Gasteiger partial charge in [0.25, 0.3) is 12.4 Å². The van der Waals surface area contributed by atoms with Crippen molar-refractivity contribution in [3.05, 3.63) is 64.3 Å². The summed E-state index contributed by atoms with van der Waals surface area (Å²) in [5.41, 5.74) is 5.71. The highest BCUT2D eigenvalue weighted by Crippen LogP contribution is 2.31. The molecule has 0 aliphatic rings. The lowest BCUT2D eigenvalue weighted by Gasteiger charge is -2.11. The van der Waals surface area contributed by atoms with Crippen LogP contribution < -0.4 is 5.32 Å². The van der Waals surface area contributed by atoms with Gasteiger partial charge in [-0.1, -0.05) is 12.1 Å². The van der Waals surface area contributed by atoms with Crippen LogP contribution in [0.2, 0.25) is 0 Å². The molecule has 0 bridgehead atoms. The van der Waals surface area contributed by atoms with Crippen LogP contribution in [-0.4, -0.2) is 29.0 Å². The maximum absolute atomic E-state index is 12.3. The van der Waals surface area contributed by atoms with E-state index in [1.165, 1.54) is 11.3 Å². The Morgan fingerprint density at radius 3 is 2.59 bits per heavy atom. The number of hydrogen-bond acceptors (Lipinski definition) is 6. The molecule has 0 spiro atoms. The second kappa shape index (κ2) is 8.55. The van der Waals surface area contributed by atoms with Gasteiger partial charge in [0.05, 0.1) is 12.3 Å². The summed E-state index contributed by atoms with van der Waals surface area (Å²) in [5.74, 6) is -0.211. The molecule has 0 aliphatic heterocycles. The van der Waals surface area contributed by atoms with Crippen LogP contribution in [0.25, 0.3) is 11.3 Å². The molecule has 27 heavy (non-hydrogen) atoms. The van der Waals surface area contributed by atoms with Crippen LogP contribution in [0.15, 0.2) is 42.0 Å². The van der Waals surface area contributed by atoms with E-state index in [0.717, 1.165) is 27.9 Å². The molecule has 0 radical (unpaired) electrons. The van der Waals surface area contributed by atoms with Crippen molar-refractivity contribution in [3.63, 3.8) is 0 Å². The van der Waals surface area contributed by atoms with Crippen molar-refractivity contribution in [2.45, 2.75) is 20.3 Å². The fourth-order valence-electron chi connectivity index (χ4n) is 2.95. The Morgan fingerprint density at radius 1 is 1.22 bits per heavy atom. The molecule has 2 aromatic heterocycles. The minimum Gasteiger partial charge on any atom is -0.468 e. The van der Waals surface area contributed by atoms with Gasteiger partial charge in [-0.3, -0.25) is 19.9 Å². The number of thiazole rings is 1. The fraction of sp³-hybridized carbons (Fsp3) is 0.200. The Hall–Kier alpha value is -3.06. The third-order valence-electron chi connectivity index (χ3n) is 4.09. The van der Waals surface area contributed by atoms with Gasteiger partial charge in [0, 0.05) is 35.3 Å². The Labute approximate surface area is 161 Å². The fourth-order valence-corrected chi connectivity index (χ4v) is 3.64. The van der Waals surface area contributed by atoms with Crippen LogP contribution in [0.3, 0.4) is 0 Å². The van der Waals surface area contributed by atoms with Crippen LogP contribution in [0.4, 0.5) is 5.13 Å². The summed E-state index contributed by atoms with van der Waals surface area (Å²) in [5, 5.41) is 5.31. The molecule has 7 heteroatoms. The number of nitrogens with zero attached hydrogens (tertiary/aromatic N) is 2. The van der Waals surface area contributed by atoms with Crippen LogP contribution in [-0.2, 0) is 16.0 Å². The highest BCUT2D eigenvalue weighted by atomic mass is 32.1. The van der Waals surface area contributed by atoms with Gasteiger partial charge in [-0.05, 0) is 42.7 Å². The number of benzene rings is 1. The first-order valence-corrected chi connectivity index (χ1v) is 9.29. The van der Waals surface area contributed by atoms with Gasteiger partial charge in [0.2, 0.25) is 0 Å². The average molecular weight is 381 g/mol. The molecule has 3 aromatic rings. The van der Waals surface area contributed by atoms with Crippen molar-refractivity contribution in [2.75, 3.05) is 11.9 Å². The minimum atomic E-state index is -0.211. The van der Waals surface area contributed by atoms with Crippen molar-refractivity contribution < 1.29 is 14.3 Å². The zero-order valence-corrected chi connectivity index (χ0v) is 15.9. The number of nitrogens with one attached hydrogen (secondary N) is 1. The van der Waals surface area contributed by atoms with Crippen LogP contribution in [0, 0.1) is 13.8 Å². The van der Waals surface area contributed by atoms with Crippen molar-refractivity contribution in [2.24, 2.45) is 0 Å². The first-order chi connectivity index (χ1) is 13.1. The molecule has 1 N–H and O–H groups in total. The molecule has 3 rings (SSSR count). The highest BCUT2D eigenvalue weighted by Gasteiger charge is 2.13. The first-order valence-electron chi connectivity index (χ1n) is 8.41. The second-order valence-electron chi connectivity index (χ2n) is 6.05. The monoisotopic (exact) mass is 381 g/mol. The number of aromatic nitrogens is 2. The van der Waals surface area contributed by atoms with E-state index in [9.17, 15) is 9.59 Å². The van der Waals surface area contributed by atoms with E-state index in [4.69, 9.17) is 4.74 Å². The summed E-state index contributed by atoms with van der Waals surface area (Å²) < 4.78 is 4.77. The standard InChI is InChI=1S/C20H19N3O3S/c1-13-9-15(5-8-26-12-24)10-14(2)18(13)17-11-27-20(22-17)23-19(25)16-3-6-21-7-4-16/h3-4,6-7,9-12H,5,8H2,1-2H3,(H,22,23,25). The topological polar surface area (TPSA) is 81.2 Å². The number of ether oxygens (including phenoxy) is 1. The minimum absolute atomic E-state index is 0.211. The van der Waals surface area contributed by atoms with E-state index in [0.29, 0.717) is 30.2 Å². The van der Waals surface area contributed by atoms with Crippen molar-refractivity contribution in [3.8, 4) is 11.3 Å². The van der Waals surface area contributed by atoms with Gasteiger partial charge < -0.3 is 4.74 Å². The predicted octanol–water partition coefficient (Wildman–Crippen LogP) is 3.79. The second-order valence-corrected chi connectivity index (χ2v) is 6.91. The third kappa shape index (κ3) is 4.57. The SMILES string of the molecule is Cc1cc(CCOC=O)cc(C)c1-c1csc(NC(=O)c2ccncc2)n1. The van der Waals surface area contributed by atoms with E-state index in [1.54, 1.807) is 24.5 Å². The van der Waals surface area contributed by atoms with Gasteiger partial charge in [-0.15, -0.1) is 11.3 Å². The van der Waals surface area contributed by atoms with E-state index in [2.05, 4.69) is 27.4 Å². The predicted molar refractivity (Wildman–Crippen MR) is 105 cm³/mol. The number of amides is 1. The summed E-state index contributed by atoms with van der Waals surface area (Å²) in [6.07, 6.45) is 3.83. The molecule has 0 atom stereocenters. The van der Waals surface area contributed by atoms with E-state index >= 15 is 0 Å². The lowest BCUT2D eigenvalue weighted by Crippen LogP contribution is -2.11. The highest BCUT2D eigenvalue weighted by molar-refractivity contribution is 7.14. The number of carbonyl (C=O) groups is 2. The lowest BCUT2D eigenvalue weighted by atomic mass is 9.96. The van der Waals surface area contributed by atoms with Gasteiger partial charge in [0.15, 0.2) is 5.13 Å². The van der Waals surface area contributed by atoms with Gasteiger partial charge in [-0.2, -0.15) is 0 Å². The first kappa shape index (κ1) is 18.7. The lowest BCUT2D eigenvalue weighted by molar-refractivity contribution is -0.128. The maximum Gasteiger partial charge on any atom is 0.293 e. The molecule has 0 saturated heterocycles. The van der Waals surface area contributed by atoms with Gasteiger partial charge >= 0.3 is 0 Å². The summed E-state index contributed by atoms with van der Waals surface area (Å²) in [6.45, 7) is 4.89. The molecule has 6 nitrogen and oxygen atoms in total. The van der Waals surface area contributed by atoms with E-state index in [1.807, 2.05) is 19.2 Å². The van der Waals surface area contributed by atoms with Crippen LogP contribution in [0.5, 0.6) is 0 Å². The van der Waals surface area contributed by atoms with Crippen molar-refractivity contribution >= 4 is 28.8 Å². The summed E-state index contributed by atoms with van der Waals surface area (Å²) in [6, 6.07) is 7.46. The molecule has 0 saturated carbocycles. The number of pyridine rings is 1. The van der Waals surface area contributed by atoms with E-state index in [-0.39, 0.29) is 5.91 Å². The molecular weight excluding hydrogens is 362 g/mol. The Kier molecular flexibility index (Phi) is 5.93. The number of anilines is 1. The summed E-state index contributed by atoms with van der Waals surface area (Å²) >= 11 is 1.39. The largest absolute Gasteiger partial charge is 0.468 e. The molecular formula is C20H19N3O3S. The van der Waals surface area contributed by atoms with Crippen LogP contribution >= 0.6 is 11.3 Å². The number of hydrogen-bond donors (Lipinski definition) is 1. The molecule has 1 amide bonds. The van der Waals surface area contributed by atoms with Crippen molar-refractivity contribution in [1.29, 1.82) is 0 Å². The number of rotatable bonds is 7. The quantitative estimate of drug-likeness (QED) is 0.497. The zero-order valence-electron chi connectivity index (χ0n) is 15.1. The number of aryl methyl sites for hydroxylation is 2. The van der Waals surface area contributed by atoms with Gasteiger partial charge in [0.1, 0.15) is 0 Å². The summed E-state index contributed by atoms with van der Waals surface area (Å²) in [4.78, 5) is 31.0. The molecule has 138 valence electrons. The smallest absolute Gasteiger partial charge is 0.293 e. The summed E-state index contributed by atoms with van der Waals surface area (Å²) in [7, 11) is 0. The number of carbonyl (C=O) groups excluding carboxylic acids is 2. The van der Waals surface area contributed by atoms with Crippen LogP contribution in [0.1, 0.15) is 27.0 Å². The molecule has 0 aliphatic carbocycles. The maximum atomic E-state index is 12.3. The third-order valence-corrected chi connectivity index (χ3v) is 4.85. The molecule has 0 unspecified atom stereocenters. The average Bonchev–Trinajstić information content (AvgIpc) is 3.10. The van der Waals surface area contributed by atoms with Gasteiger partial charge in [-0.25, -0.2) is 4.98 Å².